The number of likely N-dealkylation sites (tertiary alicyclic amines) is 1. The minimum Gasteiger partial charge on any atom is -0.494 e. The molecule has 2 fully saturated rings. The third-order valence-corrected chi connectivity index (χ3v) is 7.44. The zero-order valence-electron chi connectivity index (χ0n) is 19.5. The molecule has 2 aromatic carbocycles. The first-order valence-corrected chi connectivity index (χ1v) is 12.5. The molecule has 0 N–H and O–H groups in total. The lowest BCUT2D eigenvalue weighted by Crippen LogP contribution is -2.36. The van der Waals surface area contributed by atoms with Gasteiger partial charge in [0, 0.05) is 35.4 Å². The summed E-state index contributed by atoms with van der Waals surface area (Å²) < 4.78 is 6.08. The quantitative estimate of drug-likeness (QED) is 0.302. The number of fused-ring (bicyclic) bond motifs is 1. The summed E-state index contributed by atoms with van der Waals surface area (Å²) in [4.78, 5) is 28.9. The molecule has 1 unspecified atom stereocenters. The van der Waals surface area contributed by atoms with E-state index in [0.717, 1.165) is 74.2 Å². The van der Waals surface area contributed by atoms with Crippen molar-refractivity contribution < 1.29 is 14.3 Å². The molecule has 174 valence electrons. The van der Waals surface area contributed by atoms with E-state index in [0.29, 0.717) is 6.04 Å². The third-order valence-electron chi connectivity index (χ3n) is 7.44. The maximum atomic E-state index is 12.4. The number of carbonyl (C=O) groups is 2. The van der Waals surface area contributed by atoms with E-state index in [1.807, 2.05) is 30.3 Å². The number of anilines is 2. The number of ether oxygens (including phenoxy) is 1. The smallest absolute Gasteiger partial charge is 0.165 e. The monoisotopic (exact) mass is 446 g/mol. The summed E-state index contributed by atoms with van der Waals surface area (Å²) >= 11 is 0. The van der Waals surface area contributed by atoms with E-state index < -0.39 is 0 Å². The number of benzene rings is 2. The second kappa shape index (κ2) is 9.68. The van der Waals surface area contributed by atoms with Gasteiger partial charge in [0.2, 0.25) is 0 Å². The van der Waals surface area contributed by atoms with E-state index in [2.05, 4.69) is 28.9 Å². The van der Waals surface area contributed by atoms with E-state index in [1.165, 1.54) is 24.9 Å². The molecule has 5 nitrogen and oxygen atoms in total. The van der Waals surface area contributed by atoms with Crippen LogP contribution in [0.25, 0.3) is 0 Å². The molecule has 0 radical (unpaired) electrons. The zero-order chi connectivity index (χ0) is 22.8. The third kappa shape index (κ3) is 4.84. The molecule has 0 bridgehead atoms. The van der Waals surface area contributed by atoms with Crippen LogP contribution in [0.5, 0.6) is 5.75 Å². The van der Waals surface area contributed by atoms with Crippen molar-refractivity contribution in [1.82, 2.24) is 4.90 Å². The van der Waals surface area contributed by atoms with Gasteiger partial charge in [-0.2, -0.15) is 0 Å². The van der Waals surface area contributed by atoms with Crippen LogP contribution in [0.4, 0.5) is 11.4 Å². The van der Waals surface area contributed by atoms with Crippen LogP contribution in [0.2, 0.25) is 0 Å². The summed E-state index contributed by atoms with van der Waals surface area (Å²) in [6.45, 7) is 5.34. The van der Waals surface area contributed by atoms with Crippen molar-refractivity contribution in [3.63, 3.8) is 0 Å². The maximum absolute atomic E-state index is 12.4. The molecule has 2 aromatic rings. The first kappa shape index (κ1) is 22.1. The number of Topliss-reactive ketones (excluding diaryl/α,β-unsaturated/α-hetero) is 1. The summed E-state index contributed by atoms with van der Waals surface area (Å²) in [6, 6.07) is 14.5. The van der Waals surface area contributed by atoms with Crippen LogP contribution in [0.1, 0.15) is 61.4 Å². The highest BCUT2D eigenvalue weighted by atomic mass is 16.5. The van der Waals surface area contributed by atoms with Gasteiger partial charge in [-0.3, -0.25) is 4.79 Å². The van der Waals surface area contributed by atoms with Gasteiger partial charge >= 0.3 is 0 Å². The van der Waals surface area contributed by atoms with Crippen LogP contribution in [0.15, 0.2) is 42.5 Å². The van der Waals surface area contributed by atoms with E-state index in [-0.39, 0.29) is 17.7 Å². The number of hydrogen-bond acceptors (Lipinski definition) is 5. The highest BCUT2D eigenvalue weighted by Crippen LogP contribution is 2.39. The number of rotatable bonds is 9. The maximum Gasteiger partial charge on any atom is 0.165 e. The van der Waals surface area contributed by atoms with Crippen molar-refractivity contribution >= 4 is 23.4 Å². The Morgan fingerprint density at radius 2 is 1.91 bits per heavy atom. The second-order valence-corrected chi connectivity index (χ2v) is 9.82. The fourth-order valence-electron chi connectivity index (χ4n) is 5.31. The molecule has 2 atom stereocenters. The van der Waals surface area contributed by atoms with E-state index in [4.69, 9.17) is 4.74 Å². The van der Waals surface area contributed by atoms with Crippen LogP contribution >= 0.6 is 0 Å². The molecule has 33 heavy (non-hydrogen) atoms. The minimum absolute atomic E-state index is 0.197. The lowest BCUT2D eigenvalue weighted by Gasteiger charge is -2.36. The largest absolute Gasteiger partial charge is 0.494 e. The molecule has 2 heterocycles. The molecule has 5 rings (SSSR count). The van der Waals surface area contributed by atoms with Gasteiger partial charge in [-0.1, -0.05) is 0 Å². The average molecular weight is 447 g/mol. The number of carbonyl (C=O) groups excluding carboxylic acids is 2. The Kier molecular flexibility index (Phi) is 6.50. The summed E-state index contributed by atoms with van der Waals surface area (Å²) in [5, 5.41) is 0. The molecule has 5 heteroatoms. The van der Waals surface area contributed by atoms with Crippen LogP contribution in [0, 0.1) is 5.92 Å². The Balaban J connectivity index is 1.27. The number of nitrogens with zero attached hydrogens (tertiary/aromatic N) is 2. The van der Waals surface area contributed by atoms with Gasteiger partial charge in [-0.25, -0.2) is 0 Å². The lowest BCUT2D eigenvalue weighted by molar-refractivity contribution is -0.109. The normalized spacial score (nSPS) is 22.8. The standard InChI is InChI=1S/C28H34N2O3/c1-20-4-2-15-29(20)16-3-17-33-26-13-14-27-23(18-26)9-12-25(19-31)30(27)24-10-7-22(8-11-24)28(32)21-5-6-21/h7-8,10-11,13-14,18-21,25H,2-6,9,12,15-17H2,1H3/t20-,25?/m1/s1. The van der Waals surface area contributed by atoms with Gasteiger partial charge in [0.25, 0.3) is 0 Å². The van der Waals surface area contributed by atoms with Crippen molar-refractivity contribution in [3.8, 4) is 5.75 Å². The molecule has 0 spiro atoms. The molecular weight excluding hydrogens is 412 g/mol. The van der Waals surface area contributed by atoms with Crippen molar-refractivity contribution in [1.29, 1.82) is 0 Å². The first-order valence-electron chi connectivity index (χ1n) is 12.5. The predicted octanol–water partition coefficient (Wildman–Crippen LogP) is 5.18. The molecule has 3 aliphatic rings. The summed E-state index contributed by atoms with van der Waals surface area (Å²) in [5.74, 6) is 1.36. The van der Waals surface area contributed by atoms with Crippen molar-refractivity contribution in [2.24, 2.45) is 5.92 Å². The lowest BCUT2D eigenvalue weighted by atomic mass is 9.95. The van der Waals surface area contributed by atoms with Crippen LogP contribution in [0.3, 0.4) is 0 Å². The fraction of sp³-hybridized carbons (Fsp3) is 0.500. The van der Waals surface area contributed by atoms with Gasteiger partial charge < -0.3 is 19.3 Å². The van der Waals surface area contributed by atoms with Crippen LogP contribution < -0.4 is 9.64 Å². The number of aldehydes is 1. The van der Waals surface area contributed by atoms with Crippen molar-refractivity contribution in [2.45, 2.75) is 64.0 Å². The Hall–Kier alpha value is -2.66. The summed E-state index contributed by atoms with van der Waals surface area (Å²) in [6.07, 6.45) is 8.34. The molecule has 0 amide bonds. The number of ketones is 1. The summed E-state index contributed by atoms with van der Waals surface area (Å²) in [5.41, 5.74) is 3.98. The Labute approximate surface area is 196 Å². The van der Waals surface area contributed by atoms with Gasteiger partial charge in [-0.05, 0) is 106 Å². The average Bonchev–Trinajstić information content (AvgIpc) is 3.62. The number of hydrogen-bond donors (Lipinski definition) is 0. The molecule has 0 aromatic heterocycles. The topological polar surface area (TPSA) is 49.9 Å². The SMILES string of the molecule is C[C@@H]1CCCN1CCCOc1ccc2c(c1)CCC(C=O)N2c1ccc(C(=O)C2CC2)cc1. The molecule has 1 saturated heterocycles. The predicted molar refractivity (Wildman–Crippen MR) is 131 cm³/mol. The Morgan fingerprint density at radius 1 is 1.09 bits per heavy atom. The van der Waals surface area contributed by atoms with E-state index in [1.54, 1.807) is 0 Å². The molecule has 1 saturated carbocycles. The Bertz CT molecular complexity index is 999. The van der Waals surface area contributed by atoms with Gasteiger partial charge in [0.15, 0.2) is 5.78 Å². The first-order chi connectivity index (χ1) is 16.1. The highest BCUT2D eigenvalue weighted by Gasteiger charge is 2.31. The van der Waals surface area contributed by atoms with Crippen molar-refractivity contribution in [2.75, 3.05) is 24.6 Å². The van der Waals surface area contributed by atoms with Gasteiger partial charge in [0.1, 0.15) is 12.0 Å². The fourth-order valence-corrected chi connectivity index (χ4v) is 5.31. The van der Waals surface area contributed by atoms with E-state index >= 15 is 0 Å². The molecular formula is C28H34N2O3. The molecule has 1 aliphatic carbocycles. The van der Waals surface area contributed by atoms with Gasteiger partial charge in [-0.15, -0.1) is 0 Å². The van der Waals surface area contributed by atoms with E-state index in [9.17, 15) is 9.59 Å². The van der Waals surface area contributed by atoms with Crippen LogP contribution in [-0.2, 0) is 11.2 Å². The zero-order valence-corrected chi connectivity index (χ0v) is 19.5. The minimum atomic E-state index is -0.197. The van der Waals surface area contributed by atoms with Crippen LogP contribution in [-0.4, -0.2) is 48.7 Å². The molecule has 2 aliphatic heterocycles. The summed E-state index contributed by atoms with van der Waals surface area (Å²) in [7, 11) is 0. The van der Waals surface area contributed by atoms with Crippen molar-refractivity contribution in [3.05, 3.63) is 53.6 Å². The highest BCUT2D eigenvalue weighted by molar-refractivity contribution is 5.99. The second-order valence-electron chi connectivity index (χ2n) is 9.82. The Morgan fingerprint density at radius 3 is 2.61 bits per heavy atom. The number of aryl methyl sites for hydroxylation is 1. The van der Waals surface area contributed by atoms with Gasteiger partial charge in [0.05, 0.1) is 12.6 Å².